The molecule has 1 aliphatic carbocycles. The minimum Gasteiger partial charge on any atom is -0.511 e. The number of benzene rings is 1. The number of oxime groups is 1. The van der Waals surface area contributed by atoms with Crippen LogP contribution in [0.25, 0.3) is 0 Å². The number of rotatable bonds is 7. The van der Waals surface area contributed by atoms with E-state index in [1.807, 2.05) is 0 Å². The molecule has 0 bridgehead atoms. The lowest BCUT2D eigenvalue weighted by Gasteiger charge is -2.22. The summed E-state index contributed by atoms with van der Waals surface area (Å²) in [4.78, 5) is 34.4. The van der Waals surface area contributed by atoms with Gasteiger partial charge in [0.05, 0.1) is 16.8 Å². The third-order valence-electron chi connectivity index (χ3n) is 4.54. The summed E-state index contributed by atoms with van der Waals surface area (Å²) in [5.74, 6) is -0.930. The molecule has 1 N–H and O–H groups in total. The van der Waals surface area contributed by atoms with E-state index in [2.05, 4.69) is 10.1 Å². The lowest BCUT2D eigenvalue weighted by molar-refractivity contribution is -0.124. The Morgan fingerprint density at radius 1 is 1.23 bits per heavy atom. The largest absolute Gasteiger partial charge is 0.511 e. The third-order valence-corrected chi connectivity index (χ3v) is 5.07. The predicted octanol–water partition coefficient (Wildman–Crippen LogP) is 5.42. The van der Waals surface area contributed by atoms with Crippen LogP contribution in [0.4, 0.5) is 0 Å². The van der Waals surface area contributed by atoms with E-state index in [1.165, 1.54) is 6.21 Å². The minimum absolute atomic E-state index is 0.0475. The highest BCUT2D eigenvalue weighted by Gasteiger charge is 2.34. The molecule has 7 nitrogen and oxygen atoms in total. The lowest BCUT2D eigenvalue weighted by Crippen LogP contribution is -2.26. The van der Waals surface area contributed by atoms with Crippen LogP contribution in [-0.2, 0) is 14.4 Å². The highest BCUT2D eigenvalue weighted by Crippen LogP contribution is 2.34. The molecular formula is C22H20Cl2N2O5. The average Bonchev–Trinajstić information content (AvgIpc) is 2.73. The highest BCUT2D eigenvalue weighted by molar-refractivity contribution is 6.35. The number of pyridine rings is 1. The number of allylic oxidation sites excluding steroid dienone is 2. The first-order chi connectivity index (χ1) is 14.9. The van der Waals surface area contributed by atoms with Crippen LogP contribution in [0.1, 0.15) is 37.8 Å². The number of aliphatic hydroxyl groups excluding tert-OH is 1. The zero-order chi connectivity index (χ0) is 22.4. The van der Waals surface area contributed by atoms with Gasteiger partial charge >= 0.3 is 0 Å². The van der Waals surface area contributed by atoms with Gasteiger partial charge in [-0.3, -0.25) is 9.59 Å². The van der Waals surface area contributed by atoms with E-state index in [9.17, 15) is 14.7 Å². The first-order valence-corrected chi connectivity index (χ1v) is 10.4. The van der Waals surface area contributed by atoms with Crippen molar-refractivity contribution in [3.63, 3.8) is 0 Å². The number of hydrogen-bond acceptors (Lipinski definition) is 7. The van der Waals surface area contributed by atoms with Crippen LogP contribution in [0.15, 0.2) is 52.9 Å². The van der Waals surface area contributed by atoms with Crippen LogP contribution in [0.3, 0.4) is 0 Å². The summed E-state index contributed by atoms with van der Waals surface area (Å²) < 4.78 is 5.73. The molecule has 0 radical (unpaired) electrons. The second-order valence-corrected chi connectivity index (χ2v) is 7.60. The zero-order valence-electron chi connectivity index (χ0n) is 16.7. The van der Waals surface area contributed by atoms with Crippen molar-refractivity contribution in [3.8, 4) is 11.6 Å². The van der Waals surface area contributed by atoms with Gasteiger partial charge in [0.25, 0.3) is 0 Å². The quantitative estimate of drug-likeness (QED) is 0.194. The Morgan fingerprint density at radius 2 is 1.97 bits per heavy atom. The van der Waals surface area contributed by atoms with Crippen molar-refractivity contribution in [1.29, 1.82) is 0 Å². The van der Waals surface area contributed by atoms with Gasteiger partial charge in [-0.1, -0.05) is 34.4 Å². The Bertz CT molecular complexity index is 1030. The summed E-state index contributed by atoms with van der Waals surface area (Å²) in [5.41, 5.74) is 0.361. The summed E-state index contributed by atoms with van der Waals surface area (Å²) in [6.07, 6.45) is 1.35. The van der Waals surface area contributed by atoms with Crippen molar-refractivity contribution in [3.05, 3.63) is 63.5 Å². The van der Waals surface area contributed by atoms with Gasteiger partial charge < -0.3 is 14.7 Å². The van der Waals surface area contributed by atoms with E-state index < -0.39 is 17.5 Å². The Balaban J connectivity index is 1.74. The molecule has 0 unspecified atom stereocenters. The number of aliphatic hydroxyl groups is 1. The number of Topliss-reactive ketones (excluding diaryl/α,β-unsaturated/α-hetero) is 2. The Labute approximate surface area is 189 Å². The number of ether oxygens (including phenoxy) is 1. The van der Waals surface area contributed by atoms with Crippen LogP contribution >= 0.6 is 23.2 Å². The summed E-state index contributed by atoms with van der Waals surface area (Å²) in [6, 6.07) is 9.93. The Kier molecular flexibility index (Phi) is 7.65. The van der Waals surface area contributed by atoms with E-state index in [0.29, 0.717) is 28.1 Å². The topological polar surface area (TPSA) is 98.1 Å². The van der Waals surface area contributed by atoms with Crippen molar-refractivity contribution < 1.29 is 24.3 Å². The number of nitrogens with zero attached hydrogens (tertiary/aromatic N) is 2. The number of aromatic nitrogens is 1. The molecule has 0 spiro atoms. The van der Waals surface area contributed by atoms with E-state index >= 15 is 0 Å². The fourth-order valence-electron chi connectivity index (χ4n) is 3.15. The summed E-state index contributed by atoms with van der Waals surface area (Å²) >= 11 is 12.0. The maximum Gasteiger partial charge on any atom is 0.219 e. The van der Waals surface area contributed by atoms with E-state index in [-0.39, 0.29) is 36.5 Å². The molecule has 1 aromatic carbocycles. The molecule has 1 fully saturated rings. The minimum atomic E-state index is -0.433. The number of carbonyl (C=O) groups is 2. The maximum atomic E-state index is 12.6. The van der Waals surface area contributed by atoms with Crippen LogP contribution in [-0.4, -0.2) is 34.5 Å². The molecule has 2 aromatic rings. The summed E-state index contributed by atoms with van der Waals surface area (Å²) in [6.45, 7) is 2.15. The Morgan fingerprint density at radius 3 is 2.65 bits per heavy atom. The van der Waals surface area contributed by atoms with Crippen LogP contribution in [0, 0.1) is 0 Å². The van der Waals surface area contributed by atoms with Gasteiger partial charge in [-0.15, -0.1) is 0 Å². The predicted molar refractivity (Wildman–Crippen MR) is 117 cm³/mol. The number of hydrogen-bond donors (Lipinski definition) is 1. The first-order valence-electron chi connectivity index (χ1n) is 9.61. The molecule has 9 heteroatoms. The molecule has 3 rings (SSSR count). The molecule has 1 saturated carbocycles. The molecular weight excluding hydrogens is 443 g/mol. The SMILES string of the molecule is CCON=CCC(O)=C1C(=O)CC(c2cccc(Oc3ccc(Cl)cc3Cl)n2)CC1=O. The van der Waals surface area contributed by atoms with Crippen molar-refractivity contribution in [2.24, 2.45) is 5.16 Å². The van der Waals surface area contributed by atoms with Gasteiger partial charge in [-0.25, -0.2) is 4.98 Å². The van der Waals surface area contributed by atoms with Crippen molar-refractivity contribution in [2.75, 3.05) is 6.61 Å². The van der Waals surface area contributed by atoms with Gasteiger partial charge in [-0.2, -0.15) is 0 Å². The number of halogens is 2. The molecule has 1 aromatic heterocycles. The van der Waals surface area contributed by atoms with E-state index in [1.54, 1.807) is 43.3 Å². The van der Waals surface area contributed by atoms with Crippen molar-refractivity contribution in [2.45, 2.75) is 32.1 Å². The van der Waals surface area contributed by atoms with Crippen molar-refractivity contribution in [1.82, 2.24) is 4.98 Å². The maximum absolute atomic E-state index is 12.6. The molecule has 1 heterocycles. The van der Waals surface area contributed by atoms with Gasteiger partial charge in [0.1, 0.15) is 18.1 Å². The van der Waals surface area contributed by atoms with Crippen LogP contribution in [0.5, 0.6) is 11.6 Å². The second-order valence-electron chi connectivity index (χ2n) is 6.76. The monoisotopic (exact) mass is 462 g/mol. The normalized spacial score (nSPS) is 16.6. The van der Waals surface area contributed by atoms with E-state index in [4.69, 9.17) is 32.8 Å². The standard InChI is InChI=1S/C22H20Cl2N2O5/c1-2-30-25-9-8-17(27)22-18(28)10-13(11-19(22)29)16-4-3-5-21(26-16)31-20-7-6-14(23)12-15(20)24/h3-7,9,12-13,27H,2,8,10-11H2,1H3. The summed E-state index contributed by atoms with van der Waals surface area (Å²) in [5, 5.41) is 14.6. The molecule has 0 amide bonds. The summed E-state index contributed by atoms with van der Waals surface area (Å²) in [7, 11) is 0. The third kappa shape index (κ3) is 5.83. The lowest BCUT2D eigenvalue weighted by atomic mass is 9.81. The number of ketones is 2. The van der Waals surface area contributed by atoms with Gasteiger partial charge in [0, 0.05) is 42.0 Å². The van der Waals surface area contributed by atoms with Gasteiger partial charge in [-0.05, 0) is 31.2 Å². The molecule has 31 heavy (non-hydrogen) atoms. The van der Waals surface area contributed by atoms with Crippen molar-refractivity contribution >= 4 is 41.0 Å². The zero-order valence-corrected chi connectivity index (χ0v) is 18.2. The highest BCUT2D eigenvalue weighted by atomic mass is 35.5. The van der Waals surface area contributed by atoms with Gasteiger partial charge in [0.2, 0.25) is 5.88 Å². The second kappa shape index (κ2) is 10.4. The smallest absolute Gasteiger partial charge is 0.219 e. The molecule has 0 aliphatic heterocycles. The van der Waals surface area contributed by atoms with Crippen LogP contribution in [0.2, 0.25) is 10.0 Å². The fourth-order valence-corrected chi connectivity index (χ4v) is 3.60. The number of carbonyl (C=O) groups excluding carboxylic acids is 2. The molecule has 0 atom stereocenters. The van der Waals surface area contributed by atoms with E-state index in [0.717, 1.165) is 0 Å². The van der Waals surface area contributed by atoms with Gasteiger partial charge in [0.15, 0.2) is 11.6 Å². The molecule has 0 saturated heterocycles. The molecule has 162 valence electrons. The fraction of sp³-hybridized carbons (Fsp3) is 0.273. The van der Waals surface area contributed by atoms with Crippen LogP contribution < -0.4 is 4.74 Å². The Hall–Kier alpha value is -2.90. The first kappa shape index (κ1) is 22.8. The molecule has 1 aliphatic rings. The average molecular weight is 463 g/mol.